The van der Waals surface area contributed by atoms with Crippen molar-refractivity contribution in [3.8, 4) is 5.75 Å². The minimum atomic E-state index is -0.422. The molecule has 3 heterocycles. The SMILES string of the molecule is CCc1cnc(N2CCC([C@H]3C[C@@H]3CCOc3ccc(N4CCNC4=O)c(F)c3)CC2)nc1. The van der Waals surface area contributed by atoms with Gasteiger partial charge in [-0.25, -0.2) is 19.2 Å². The zero-order valence-corrected chi connectivity index (χ0v) is 19.2. The lowest BCUT2D eigenvalue weighted by atomic mass is 9.90. The molecule has 0 unspecified atom stereocenters. The van der Waals surface area contributed by atoms with Crippen molar-refractivity contribution in [3.63, 3.8) is 0 Å². The average Bonchev–Trinajstić information content (AvgIpc) is 3.50. The van der Waals surface area contributed by atoms with Gasteiger partial charge in [-0.15, -0.1) is 0 Å². The molecule has 2 aromatic rings. The van der Waals surface area contributed by atoms with Crippen LogP contribution in [0.4, 0.5) is 20.8 Å². The molecule has 5 rings (SSSR count). The molecule has 1 N–H and O–H groups in total. The molecule has 3 aliphatic rings. The summed E-state index contributed by atoms with van der Waals surface area (Å²) in [5.74, 6) is 3.22. The number of aromatic nitrogens is 2. The van der Waals surface area contributed by atoms with E-state index in [1.165, 1.54) is 35.8 Å². The second kappa shape index (κ2) is 9.53. The Bertz CT molecular complexity index is 977. The number of carbonyl (C=O) groups is 1. The maximum atomic E-state index is 14.5. The van der Waals surface area contributed by atoms with Gasteiger partial charge >= 0.3 is 6.03 Å². The van der Waals surface area contributed by atoms with Crippen molar-refractivity contribution < 1.29 is 13.9 Å². The number of urea groups is 1. The summed E-state index contributed by atoms with van der Waals surface area (Å²) < 4.78 is 20.3. The molecule has 2 amide bonds. The molecule has 176 valence electrons. The number of piperidine rings is 1. The number of halogens is 1. The van der Waals surface area contributed by atoms with Crippen LogP contribution in [0.15, 0.2) is 30.6 Å². The smallest absolute Gasteiger partial charge is 0.322 e. The lowest BCUT2D eigenvalue weighted by Crippen LogP contribution is -2.35. The first-order valence-corrected chi connectivity index (χ1v) is 12.2. The number of nitrogens with one attached hydrogen (secondary N) is 1. The van der Waals surface area contributed by atoms with Crippen LogP contribution in [0, 0.1) is 23.6 Å². The third-order valence-corrected chi connectivity index (χ3v) is 7.33. The van der Waals surface area contributed by atoms with E-state index >= 15 is 0 Å². The summed E-state index contributed by atoms with van der Waals surface area (Å²) in [6, 6.07) is 4.51. The normalized spacial score (nSPS) is 23.0. The Hall–Kier alpha value is -2.90. The summed E-state index contributed by atoms with van der Waals surface area (Å²) in [7, 11) is 0. The van der Waals surface area contributed by atoms with E-state index in [0.717, 1.165) is 43.7 Å². The summed E-state index contributed by atoms with van der Waals surface area (Å²) in [6.45, 7) is 5.78. The molecule has 1 aromatic heterocycles. The summed E-state index contributed by atoms with van der Waals surface area (Å²) in [5.41, 5.74) is 1.48. The van der Waals surface area contributed by atoms with Crippen molar-refractivity contribution in [2.45, 2.75) is 39.0 Å². The fourth-order valence-corrected chi connectivity index (χ4v) is 5.23. The van der Waals surface area contributed by atoms with E-state index in [2.05, 4.69) is 27.1 Å². The van der Waals surface area contributed by atoms with Gasteiger partial charge in [-0.2, -0.15) is 0 Å². The predicted molar refractivity (Wildman–Crippen MR) is 125 cm³/mol. The summed E-state index contributed by atoms with van der Waals surface area (Å²) >= 11 is 0. The van der Waals surface area contributed by atoms with E-state index in [4.69, 9.17) is 4.74 Å². The van der Waals surface area contributed by atoms with Crippen molar-refractivity contribution >= 4 is 17.7 Å². The minimum absolute atomic E-state index is 0.255. The third-order valence-electron chi connectivity index (χ3n) is 7.33. The Balaban J connectivity index is 1.04. The summed E-state index contributed by atoms with van der Waals surface area (Å²) in [6.07, 6.45) is 9.50. The van der Waals surface area contributed by atoms with E-state index < -0.39 is 5.82 Å². The van der Waals surface area contributed by atoms with Gasteiger partial charge in [0.05, 0.1) is 12.3 Å². The monoisotopic (exact) mass is 453 g/mol. The molecule has 0 bridgehead atoms. The second-order valence-corrected chi connectivity index (χ2v) is 9.36. The van der Waals surface area contributed by atoms with Gasteiger partial charge in [0.2, 0.25) is 5.95 Å². The zero-order chi connectivity index (χ0) is 22.8. The largest absolute Gasteiger partial charge is 0.493 e. The molecule has 3 fully saturated rings. The van der Waals surface area contributed by atoms with E-state index in [1.54, 1.807) is 12.1 Å². The number of benzene rings is 1. The van der Waals surface area contributed by atoms with Gasteiger partial charge in [-0.05, 0) is 67.6 Å². The zero-order valence-electron chi connectivity index (χ0n) is 19.2. The van der Waals surface area contributed by atoms with Gasteiger partial charge in [0.15, 0.2) is 5.82 Å². The number of rotatable bonds is 8. The molecule has 7 nitrogen and oxygen atoms in total. The lowest BCUT2D eigenvalue weighted by molar-refractivity contribution is 0.252. The second-order valence-electron chi connectivity index (χ2n) is 9.36. The van der Waals surface area contributed by atoms with Crippen LogP contribution in [-0.2, 0) is 6.42 Å². The standard InChI is InChI=1S/C25H32FN5O2/c1-2-17-15-28-24(29-16-17)30-9-5-18(6-10-30)21-13-19(21)7-12-33-20-3-4-23(22(26)14-20)31-11-8-27-25(31)32/h3-4,14-16,18-19,21H,2,5-13H2,1H3,(H,27,32)/t19-,21+/m0/s1. The molecule has 1 aliphatic carbocycles. The van der Waals surface area contributed by atoms with Crippen LogP contribution in [0.25, 0.3) is 0 Å². The highest BCUT2D eigenvalue weighted by atomic mass is 19.1. The highest BCUT2D eigenvalue weighted by Gasteiger charge is 2.43. The maximum Gasteiger partial charge on any atom is 0.322 e. The van der Waals surface area contributed by atoms with Gasteiger partial charge in [0, 0.05) is 44.6 Å². The quantitative estimate of drug-likeness (QED) is 0.654. The fraction of sp³-hybridized carbons (Fsp3) is 0.560. The number of ether oxygens (including phenoxy) is 1. The summed E-state index contributed by atoms with van der Waals surface area (Å²) in [4.78, 5) is 24.5. The first-order chi connectivity index (χ1) is 16.1. The highest BCUT2D eigenvalue weighted by Crippen LogP contribution is 2.49. The Morgan fingerprint density at radius 1 is 1.18 bits per heavy atom. The molecule has 2 atom stereocenters. The number of hydrogen-bond acceptors (Lipinski definition) is 5. The minimum Gasteiger partial charge on any atom is -0.493 e. The van der Waals surface area contributed by atoms with E-state index in [1.807, 2.05) is 12.4 Å². The molecule has 0 spiro atoms. The average molecular weight is 454 g/mol. The molecule has 2 saturated heterocycles. The number of nitrogens with zero attached hydrogens (tertiary/aromatic N) is 4. The van der Waals surface area contributed by atoms with Crippen molar-refractivity contribution in [2.24, 2.45) is 17.8 Å². The first kappa shape index (κ1) is 21.9. The molecular weight excluding hydrogens is 421 g/mol. The molecule has 2 aliphatic heterocycles. The lowest BCUT2D eigenvalue weighted by Gasteiger charge is -2.32. The van der Waals surface area contributed by atoms with Crippen LogP contribution in [0.2, 0.25) is 0 Å². The molecule has 33 heavy (non-hydrogen) atoms. The van der Waals surface area contributed by atoms with Crippen LogP contribution in [-0.4, -0.2) is 48.8 Å². The van der Waals surface area contributed by atoms with Crippen molar-refractivity contribution in [1.82, 2.24) is 15.3 Å². The fourth-order valence-electron chi connectivity index (χ4n) is 5.23. The van der Waals surface area contributed by atoms with Gasteiger partial charge < -0.3 is 15.0 Å². The van der Waals surface area contributed by atoms with Crippen molar-refractivity contribution in [2.75, 3.05) is 42.6 Å². The Labute approximate surface area is 194 Å². The Morgan fingerprint density at radius 2 is 1.97 bits per heavy atom. The number of carbonyl (C=O) groups excluding carboxylic acids is 1. The van der Waals surface area contributed by atoms with Crippen molar-refractivity contribution in [3.05, 3.63) is 42.0 Å². The van der Waals surface area contributed by atoms with E-state index in [-0.39, 0.29) is 6.03 Å². The topological polar surface area (TPSA) is 70.6 Å². The van der Waals surface area contributed by atoms with Crippen LogP contribution < -0.4 is 19.9 Å². The first-order valence-electron chi connectivity index (χ1n) is 12.2. The number of anilines is 2. The number of amides is 2. The van der Waals surface area contributed by atoms with Gasteiger partial charge in [-0.1, -0.05) is 6.92 Å². The molecule has 0 radical (unpaired) electrons. The van der Waals surface area contributed by atoms with Crippen LogP contribution in [0.3, 0.4) is 0 Å². The van der Waals surface area contributed by atoms with E-state index in [9.17, 15) is 9.18 Å². The van der Waals surface area contributed by atoms with Gasteiger partial charge in [0.25, 0.3) is 0 Å². The number of aryl methyl sites for hydroxylation is 1. The highest BCUT2D eigenvalue weighted by molar-refractivity contribution is 5.94. The maximum absolute atomic E-state index is 14.5. The number of hydrogen-bond donors (Lipinski definition) is 1. The molecular formula is C25H32FN5O2. The van der Waals surface area contributed by atoms with Gasteiger partial charge in [-0.3, -0.25) is 4.90 Å². The van der Waals surface area contributed by atoms with Crippen LogP contribution >= 0.6 is 0 Å². The van der Waals surface area contributed by atoms with Crippen LogP contribution in [0.1, 0.15) is 38.2 Å². The summed E-state index contributed by atoms with van der Waals surface area (Å²) in [5, 5.41) is 2.69. The Kier molecular flexibility index (Phi) is 6.33. The molecule has 1 saturated carbocycles. The molecule has 1 aromatic carbocycles. The van der Waals surface area contributed by atoms with Gasteiger partial charge in [0.1, 0.15) is 5.75 Å². The Morgan fingerprint density at radius 3 is 2.64 bits per heavy atom. The predicted octanol–water partition coefficient (Wildman–Crippen LogP) is 4.03. The molecule has 8 heteroatoms. The third kappa shape index (κ3) is 4.89. The van der Waals surface area contributed by atoms with Crippen LogP contribution in [0.5, 0.6) is 5.75 Å². The van der Waals surface area contributed by atoms with Crippen molar-refractivity contribution in [1.29, 1.82) is 0 Å². The van der Waals surface area contributed by atoms with E-state index in [0.29, 0.717) is 37.1 Å².